The van der Waals surface area contributed by atoms with Gasteiger partial charge in [-0.2, -0.15) is 0 Å². The quantitative estimate of drug-likeness (QED) is 0.592. The number of nitrogens with zero attached hydrogens (tertiary/aromatic N) is 2. The Morgan fingerprint density at radius 1 is 1.05 bits per heavy atom. The van der Waals surface area contributed by atoms with Crippen molar-refractivity contribution in [2.24, 2.45) is 28.3 Å². The number of carbonyl (C=O) groups is 1. The van der Waals surface area contributed by atoms with Gasteiger partial charge in [-0.15, -0.1) is 0 Å². The molecule has 0 aromatic rings. The van der Waals surface area contributed by atoms with Crippen molar-refractivity contribution in [2.75, 3.05) is 19.6 Å². The number of amides is 1. The van der Waals surface area contributed by atoms with Crippen molar-refractivity contribution in [3.8, 4) is 0 Å². The lowest BCUT2D eigenvalue weighted by Gasteiger charge is -2.29. The van der Waals surface area contributed by atoms with E-state index in [0.717, 1.165) is 45.3 Å². The standard InChI is InChI=1S/C14H26N4O/c15-13(19)12-6-4-11(5-7-12)10-17-14(16)18-8-2-1-3-9-18/h11-12H,1-10H2,(H2,15,19)(H2,16,17). The van der Waals surface area contributed by atoms with Crippen molar-refractivity contribution < 1.29 is 4.79 Å². The Balaban J connectivity index is 1.74. The number of hydrogen-bond acceptors (Lipinski definition) is 2. The van der Waals surface area contributed by atoms with Gasteiger partial charge >= 0.3 is 0 Å². The van der Waals surface area contributed by atoms with Crippen LogP contribution in [-0.4, -0.2) is 36.4 Å². The second-order valence-corrected chi connectivity index (χ2v) is 5.87. The van der Waals surface area contributed by atoms with Gasteiger partial charge in [-0.25, -0.2) is 0 Å². The molecule has 0 bridgehead atoms. The minimum atomic E-state index is -0.144. The summed E-state index contributed by atoms with van der Waals surface area (Å²) in [5.41, 5.74) is 11.4. The van der Waals surface area contributed by atoms with E-state index in [1.807, 2.05) is 0 Å². The molecule has 0 aromatic heterocycles. The molecule has 1 heterocycles. The van der Waals surface area contributed by atoms with E-state index < -0.39 is 0 Å². The van der Waals surface area contributed by atoms with Crippen LogP contribution in [0.5, 0.6) is 0 Å². The summed E-state index contributed by atoms with van der Waals surface area (Å²) in [5, 5.41) is 0. The fourth-order valence-electron chi connectivity index (χ4n) is 3.08. The van der Waals surface area contributed by atoms with E-state index in [9.17, 15) is 4.79 Å². The summed E-state index contributed by atoms with van der Waals surface area (Å²) in [6.07, 6.45) is 7.67. The maximum Gasteiger partial charge on any atom is 0.220 e. The highest BCUT2D eigenvalue weighted by Crippen LogP contribution is 2.28. The van der Waals surface area contributed by atoms with Crippen molar-refractivity contribution >= 4 is 11.9 Å². The predicted octanol–water partition coefficient (Wildman–Crippen LogP) is 1.08. The largest absolute Gasteiger partial charge is 0.370 e. The van der Waals surface area contributed by atoms with Crippen LogP contribution >= 0.6 is 0 Å². The minimum Gasteiger partial charge on any atom is -0.370 e. The number of nitrogens with two attached hydrogens (primary N) is 2. The van der Waals surface area contributed by atoms with Gasteiger partial charge < -0.3 is 16.4 Å². The maximum absolute atomic E-state index is 11.1. The Hall–Kier alpha value is -1.26. The van der Waals surface area contributed by atoms with Crippen LogP contribution in [0.25, 0.3) is 0 Å². The van der Waals surface area contributed by atoms with Crippen molar-refractivity contribution in [1.29, 1.82) is 0 Å². The normalized spacial score (nSPS) is 29.3. The zero-order valence-corrected chi connectivity index (χ0v) is 11.7. The van der Waals surface area contributed by atoms with E-state index in [-0.39, 0.29) is 11.8 Å². The lowest BCUT2D eigenvalue weighted by Crippen LogP contribution is -2.41. The van der Waals surface area contributed by atoms with Crippen molar-refractivity contribution in [3.05, 3.63) is 0 Å². The number of guanidine groups is 1. The molecular weight excluding hydrogens is 240 g/mol. The van der Waals surface area contributed by atoms with Gasteiger partial charge in [0.25, 0.3) is 0 Å². The molecule has 1 saturated carbocycles. The first-order chi connectivity index (χ1) is 9.16. The van der Waals surface area contributed by atoms with Crippen LogP contribution in [0.15, 0.2) is 4.99 Å². The van der Waals surface area contributed by atoms with Crippen molar-refractivity contribution in [3.63, 3.8) is 0 Å². The fourth-order valence-corrected chi connectivity index (χ4v) is 3.08. The van der Waals surface area contributed by atoms with Crippen LogP contribution in [0, 0.1) is 11.8 Å². The molecule has 2 fully saturated rings. The van der Waals surface area contributed by atoms with Gasteiger partial charge in [-0.1, -0.05) is 0 Å². The molecule has 2 rings (SSSR count). The Morgan fingerprint density at radius 3 is 2.26 bits per heavy atom. The van der Waals surface area contributed by atoms with Gasteiger partial charge in [0, 0.05) is 25.6 Å². The first-order valence-corrected chi connectivity index (χ1v) is 7.51. The van der Waals surface area contributed by atoms with Crippen molar-refractivity contribution in [2.45, 2.75) is 44.9 Å². The van der Waals surface area contributed by atoms with Gasteiger partial charge in [0.15, 0.2) is 5.96 Å². The third-order valence-electron chi connectivity index (χ3n) is 4.44. The van der Waals surface area contributed by atoms with E-state index in [1.165, 1.54) is 19.3 Å². The molecule has 0 radical (unpaired) electrons. The number of aliphatic imine (C=N–C) groups is 1. The maximum atomic E-state index is 11.1. The smallest absolute Gasteiger partial charge is 0.220 e. The molecule has 108 valence electrons. The van der Waals surface area contributed by atoms with E-state index in [4.69, 9.17) is 11.5 Å². The van der Waals surface area contributed by atoms with Gasteiger partial charge in [0.2, 0.25) is 5.91 Å². The van der Waals surface area contributed by atoms with Gasteiger partial charge in [0.05, 0.1) is 0 Å². The summed E-state index contributed by atoms with van der Waals surface area (Å²) in [6, 6.07) is 0. The van der Waals surface area contributed by atoms with Crippen LogP contribution in [0.1, 0.15) is 44.9 Å². The molecule has 0 unspecified atom stereocenters. The Morgan fingerprint density at radius 2 is 1.68 bits per heavy atom. The molecule has 0 aromatic carbocycles. The van der Waals surface area contributed by atoms with Crippen molar-refractivity contribution in [1.82, 2.24) is 4.90 Å². The summed E-state index contributed by atoms with van der Waals surface area (Å²) >= 11 is 0. The van der Waals surface area contributed by atoms with Crippen LogP contribution in [0.2, 0.25) is 0 Å². The highest BCUT2D eigenvalue weighted by molar-refractivity contribution is 5.78. The Kier molecular flexibility index (Phi) is 5.05. The summed E-state index contributed by atoms with van der Waals surface area (Å²) < 4.78 is 0. The molecular formula is C14H26N4O. The molecule has 1 amide bonds. The van der Waals surface area contributed by atoms with E-state index in [0.29, 0.717) is 11.9 Å². The van der Waals surface area contributed by atoms with Gasteiger partial charge in [0.1, 0.15) is 0 Å². The predicted molar refractivity (Wildman–Crippen MR) is 76.6 cm³/mol. The Bertz CT molecular complexity index is 328. The lowest BCUT2D eigenvalue weighted by atomic mass is 9.82. The summed E-state index contributed by atoms with van der Waals surface area (Å²) in [4.78, 5) is 17.8. The molecule has 5 heteroatoms. The molecule has 2 aliphatic rings. The SMILES string of the molecule is NC(=O)C1CCC(CN=C(N)N2CCCCC2)CC1. The van der Waals surface area contributed by atoms with E-state index >= 15 is 0 Å². The average Bonchev–Trinajstić information content (AvgIpc) is 2.46. The zero-order chi connectivity index (χ0) is 13.7. The van der Waals surface area contributed by atoms with Crippen LogP contribution in [-0.2, 0) is 4.79 Å². The molecule has 0 atom stereocenters. The van der Waals surface area contributed by atoms with Gasteiger partial charge in [-0.05, 0) is 50.9 Å². The third-order valence-corrected chi connectivity index (χ3v) is 4.44. The summed E-state index contributed by atoms with van der Waals surface area (Å²) in [7, 11) is 0. The fraction of sp³-hybridized carbons (Fsp3) is 0.857. The number of likely N-dealkylation sites (tertiary alicyclic amines) is 1. The first-order valence-electron chi connectivity index (χ1n) is 7.51. The number of piperidine rings is 1. The first kappa shape index (κ1) is 14.2. The highest BCUT2D eigenvalue weighted by Gasteiger charge is 2.24. The topological polar surface area (TPSA) is 84.7 Å². The molecule has 19 heavy (non-hydrogen) atoms. The molecule has 1 aliphatic heterocycles. The zero-order valence-electron chi connectivity index (χ0n) is 11.7. The van der Waals surface area contributed by atoms with Crippen LogP contribution in [0.3, 0.4) is 0 Å². The van der Waals surface area contributed by atoms with Crippen LogP contribution < -0.4 is 11.5 Å². The highest BCUT2D eigenvalue weighted by atomic mass is 16.1. The van der Waals surface area contributed by atoms with E-state index in [1.54, 1.807) is 0 Å². The minimum absolute atomic E-state index is 0.0830. The summed E-state index contributed by atoms with van der Waals surface area (Å²) in [5.74, 6) is 1.21. The molecule has 1 saturated heterocycles. The molecule has 4 N–H and O–H groups in total. The molecule has 5 nitrogen and oxygen atoms in total. The number of hydrogen-bond donors (Lipinski definition) is 2. The lowest BCUT2D eigenvalue weighted by molar-refractivity contribution is -0.122. The average molecular weight is 266 g/mol. The second kappa shape index (κ2) is 6.78. The number of rotatable bonds is 3. The van der Waals surface area contributed by atoms with Gasteiger partial charge in [-0.3, -0.25) is 9.79 Å². The summed E-state index contributed by atoms with van der Waals surface area (Å²) in [6.45, 7) is 2.89. The molecule has 0 spiro atoms. The second-order valence-electron chi connectivity index (χ2n) is 5.87. The van der Waals surface area contributed by atoms with E-state index in [2.05, 4.69) is 9.89 Å². The molecule has 1 aliphatic carbocycles. The number of carbonyl (C=O) groups excluding carboxylic acids is 1. The van der Waals surface area contributed by atoms with Crippen LogP contribution in [0.4, 0.5) is 0 Å². The third kappa shape index (κ3) is 4.11. The number of primary amides is 1. The Labute approximate surface area is 115 Å². The monoisotopic (exact) mass is 266 g/mol.